The molecule has 4 aromatic rings. The molecule has 1 aromatic carbocycles. The van der Waals surface area contributed by atoms with Crippen LogP contribution in [0.1, 0.15) is 37.7 Å². The van der Waals surface area contributed by atoms with E-state index in [2.05, 4.69) is 25.9 Å². The van der Waals surface area contributed by atoms with E-state index in [0.29, 0.717) is 34.1 Å². The molecule has 4 rings (SSSR count). The maximum atomic E-state index is 12.9. The number of anilines is 2. The van der Waals surface area contributed by atoms with Crippen molar-refractivity contribution in [3.8, 4) is 5.82 Å². The van der Waals surface area contributed by atoms with Gasteiger partial charge in [-0.2, -0.15) is 5.10 Å². The third kappa shape index (κ3) is 4.20. The fraction of sp³-hybridized carbons (Fsp3) is 0.136. The zero-order valence-corrected chi connectivity index (χ0v) is 17.2. The van der Waals surface area contributed by atoms with E-state index in [-0.39, 0.29) is 11.8 Å². The van der Waals surface area contributed by atoms with E-state index in [0.717, 1.165) is 11.3 Å². The highest BCUT2D eigenvalue weighted by molar-refractivity contribution is 6.07. The van der Waals surface area contributed by atoms with Crippen LogP contribution in [0.4, 0.5) is 11.5 Å². The quantitative estimate of drug-likeness (QED) is 0.513. The Morgan fingerprint density at radius 2 is 1.84 bits per heavy atom. The average molecular weight is 416 g/mol. The maximum absolute atomic E-state index is 12.9. The predicted octanol–water partition coefficient (Wildman–Crippen LogP) is 3.69. The first-order valence-corrected chi connectivity index (χ1v) is 9.55. The molecule has 0 atom stereocenters. The van der Waals surface area contributed by atoms with Gasteiger partial charge in [0.25, 0.3) is 11.8 Å². The Morgan fingerprint density at radius 3 is 2.58 bits per heavy atom. The fourth-order valence-electron chi connectivity index (χ4n) is 3.06. The molecule has 0 aliphatic carbocycles. The first-order valence-electron chi connectivity index (χ1n) is 9.55. The van der Waals surface area contributed by atoms with Gasteiger partial charge in [0.15, 0.2) is 11.6 Å². The van der Waals surface area contributed by atoms with E-state index < -0.39 is 0 Å². The highest BCUT2D eigenvalue weighted by Gasteiger charge is 2.18. The van der Waals surface area contributed by atoms with E-state index in [1.807, 2.05) is 32.0 Å². The van der Waals surface area contributed by atoms with Gasteiger partial charge in [0.2, 0.25) is 0 Å². The number of carbonyl (C=O) groups excluding carboxylic acids is 2. The molecular weight excluding hydrogens is 396 g/mol. The molecular formula is C22H20N6O3. The molecule has 0 unspecified atom stereocenters. The lowest BCUT2D eigenvalue weighted by atomic mass is 10.1. The Kier molecular flexibility index (Phi) is 5.31. The second-order valence-corrected chi connectivity index (χ2v) is 7.02. The van der Waals surface area contributed by atoms with Crippen LogP contribution in [0.5, 0.6) is 0 Å². The molecule has 9 nitrogen and oxygen atoms in total. The van der Waals surface area contributed by atoms with Crippen molar-refractivity contribution in [2.24, 2.45) is 0 Å². The largest absolute Gasteiger partial charge is 0.363 e. The van der Waals surface area contributed by atoms with Crippen molar-refractivity contribution in [1.29, 1.82) is 0 Å². The lowest BCUT2D eigenvalue weighted by Gasteiger charge is -2.11. The topological polar surface area (TPSA) is 115 Å². The summed E-state index contributed by atoms with van der Waals surface area (Å²) in [5, 5.41) is 13.5. The number of pyridine rings is 1. The van der Waals surface area contributed by atoms with Gasteiger partial charge >= 0.3 is 0 Å². The van der Waals surface area contributed by atoms with E-state index in [4.69, 9.17) is 4.52 Å². The lowest BCUT2D eigenvalue weighted by molar-refractivity contribution is 0.101. The Bertz CT molecular complexity index is 1260. The number of amides is 2. The average Bonchev–Trinajstić information content (AvgIpc) is 3.39. The molecule has 2 amide bonds. The molecule has 156 valence electrons. The van der Waals surface area contributed by atoms with Gasteiger partial charge < -0.3 is 15.2 Å². The smallest absolute Gasteiger partial charge is 0.259 e. The molecule has 2 N–H and O–H groups in total. The van der Waals surface area contributed by atoms with Crippen LogP contribution < -0.4 is 10.6 Å². The molecule has 3 aromatic heterocycles. The highest BCUT2D eigenvalue weighted by Crippen LogP contribution is 2.20. The Morgan fingerprint density at radius 1 is 1.00 bits per heavy atom. The second-order valence-electron chi connectivity index (χ2n) is 7.02. The summed E-state index contributed by atoms with van der Waals surface area (Å²) in [5.41, 5.74) is 3.65. The van der Waals surface area contributed by atoms with Crippen LogP contribution in [0.15, 0.2) is 59.4 Å². The van der Waals surface area contributed by atoms with Crippen LogP contribution >= 0.6 is 0 Å². The van der Waals surface area contributed by atoms with Gasteiger partial charge in [-0.05, 0) is 50.6 Å². The highest BCUT2D eigenvalue weighted by atomic mass is 16.5. The van der Waals surface area contributed by atoms with Crippen LogP contribution in [0, 0.1) is 20.8 Å². The molecule has 3 heterocycles. The first kappa shape index (κ1) is 20.0. The summed E-state index contributed by atoms with van der Waals surface area (Å²) in [5.74, 6) is 0.260. The van der Waals surface area contributed by atoms with Gasteiger partial charge in [-0.3, -0.25) is 9.59 Å². The molecule has 31 heavy (non-hydrogen) atoms. The van der Waals surface area contributed by atoms with Gasteiger partial charge in [0.05, 0.1) is 17.5 Å². The van der Waals surface area contributed by atoms with Crippen molar-refractivity contribution in [2.75, 3.05) is 10.6 Å². The van der Waals surface area contributed by atoms with E-state index >= 15 is 0 Å². The van der Waals surface area contributed by atoms with Crippen LogP contribution in [0.3, 0.4) is 0 Å². The number of aryl methyl sites for hydroxylation is 2. The Labute approximate surface area is 178 Å². The summed E-state index contributed by atoms with van der Waals surface area (Å²) in [6, 6.07) is 12.2. The van der Waals surface area contributed by atoms with Crippen LogP contribution in [-0.4, -0.2) is 31.7 Å². The molecule has 0 fully saturated rings. The minimum atomic E-state index is -0.362. The minimum absolute atomic E-state index is 0.309. The van der Waals surface area contributed by atoms with E-state index in [1.54, 1.807) is 29.8 Å². The SMILES string of the molecule is Cc1cccc(-n2ncc(C(=O)Nc3cc(C(=O)Nc4ccon4)ccc3C)c2C)n1. The van der Waals surface area contributed by atoms with Crippen LogP contribution in [-0.2, 0) is 0 Å². The number of carbonyl (C=O) groups is 2. The molecule has 0 aliphatic heterocycles. The molecule has 0 saturated carbocycles. The number of aromatic nitrogens is 4. The third-order valence-electron chi connectivity index (χ3n) is 4.77. The molecule has 0 aliphatic rings. The zero-order chi connectivity index (χ0) is 22.0. The monoisotopic (exact) mass is 416 g/mol. The van der Waals surface area contributed by atoms with Gasteiger partial charge in [0, 0.05) is 23.0 Å². The summed E-state index contributed by atoms with van der Waals surface area (Å²) >= 11 is 0. The summed E-state index contributed by atoms with van der Waals surface area (Å²) in [6.45, 7) is 5.55. The molecule has 0 saturated heterocycles. The summed E-state index contributed by atoms with van der Waals surface area (Å²) in [4.78, 5) is 29.8. The van der Waals surface area contributed by atoms with Crippen molar-refractivity contribution >= 4 is 23.3 Å². The van der Waals surface area contributed by atoms with Crippen molar-refractivity contribution in [3.63, 3.8) is 0 Å². The summed E-state index contributed by atoms with van der Waals surface area (Å²) in [7, 11) is 0. The molecule has 9 heteroatoms. The van der Waals surface area contributed by atoms with Crippen molar-refractivity contribution < 1.29 is 14.1 Å². The third-order valence-corrected chi connectivity index (χ3v) is 4.77. The zero-order valence-electron chi connectivity index (χ0n) is 17.2. The van der Waals surface area contributed by atoms with Gasteiger partial charge in [-0.25, -0.2) is 9.67 Å². The molecule has 0 bridgehead atoms. The normalized spacial score (nSPS) is 10.7. The number of rotatable bonds is 5. The van der Waals surface area contributed by atoms with Crippen molar-refractivity contribution in [1.82, 2.24) is 19.9 Å². The first-order chi connectivity index (χ1) is 14.9. The van der Waals surface area contributed by atoms with E-state index in [9.17, 15) is 9.59 Å². The molecule has 0 radical (unpaired) electrons. The minimum Gasteiger partial charge on any atom is -0.363 e. The van der Waals surface area contributed by atoms with Crippen LogP contribution in [0.2, 0.25) is 0 Å². The van der Waals surface area contributed by atoms with E-state index in [1.165, 1.54) is 18.5 Å². The summed E-state index contributed by atoms with van der Waals surface area (Å²) < 4.78 is 6.33. The van der Waals surface area contributed by atoms with Crippen molar-refractivity contribution in [3.05, 3.63) is 83.0 Å². The lowest BCUT2D eigenvalue weighted by Crippen LogP contribution is -2.16. The van der Waals surface area contributed by atoms with Gasteiger partial charge in [-0.1, -0.05) is 17.3 Å². The number of nitrogens with zero attached hydrogens (tertiary/aromatic N) is 4. The van der Waals surface area contributed by atoms with Gasteiger partial charge in [0.1, 0.15) is 6.26 Å². The van der Waals surface area contributed by atoms with Crippen LogP contribution in [0.25, 0.3) is 5.82 Å². The summed E-state index contributed by atoms with van der Waals surface area (Å²) in [6.07, 6.45) is 2.87. The number of benzene rings is 1. The maximum Gasteiger partial charge on any atom is 0.259 e. The fourth-order valence-corrected chi connectivity index (χ4v) is 3.06. The number of nitrogens with one attached hydrogen (secondary N) is 2. The van der Waals surface area contributed by atoms with Crippen molar-refractivity contribution in [2.45, 2.75) is 20.8 Å². The second kappa shape index (κ2) is 8.23. The Balaban J connectivity index is 1.55. The van der Waals surface area contributed by atoms with Gasteiger partial charge in [-0.15, -0.1) is 0 Å². The molecule has 0 spiro atoms. The Hall–Kier alpha value is -4.27. The standard InChI is InChI=1S/C22H20N6O3/c1-13-7-8-16(21(29)26-19-9-10-31-27-19)11-18(13)25-22(30)17-12-23-28(15(17)3)20-6-4-5-14(2)24-20/h4-12H,1-3H3,(H,25,30)(H,26,27,29). The number of hydrogen-bond donors (Lipinski definition) is 2. The number of hydrogen-bond acceptors (Lipinski definition) is 6. The predicted molar refractivity (Wildman–Crippen MR) is 114 cm³/mol.